The molecular formula is C37H39NO9S2. The molecule has 12 heteroatoms. The van der Waals surface area contributed by atoms with E-state index in [2.05, 4.69) is 6.58 Å². The summed E-state index contributed by atoms with van der Waals surface area (Å²) in [6.45, 7) is 4.14. The summed E-state index contributed by atoms with van der Waals surface area (Å²) >= 11 is 3.17. The Balaban J connectivity index is 0.948. The van der Waals surface area contributed by atoms with E-state index >= 15 is 0 Å². The van der Waals surface area contributed by atoms with E-state index in [9.17, 15) is 19.2 Å². The second kappa shape index (κ2) is 18.3. The molecule has 10 nitrogen and oxygen atoms in total. The second-order valence-electron chi connectivity index (χ2n) is 11.5. The highest BCUT2D eigenvalue weighted by atomic mass is 32.1. The van der Waals surface area contributed by atoms with Crippen molar-refractivity contribution in [1.82, 2.24) is 4.98 Å². The van der Waals surface area contributed by atoms with Crippen LogP contribution in [0.5, 0.6) is 11.5 Å². The van der Waals surface area contributed by atoms with Crippen molar-refractivity contribution in [2.45, 2.75) is 63.9 Å². The molecule has 0 saturated heterocycles. The van der Waals surface area contributed by atoms with Gasteiger partial charge in [-0.3, -0.25) is 9.59 Å². The van der Waals surface area contributed by atoms with Gasteiger partial charge in [0.15, 0.2) is 0 Å². The first kappa shape index (κ1) is 35.7. The zero-order chi connectivity index (χ0) is 34.4. The highest BCUT2D eigenvalue weighted by Crippen LogP contribution is 2.35. The Morgan fingerprint density at radius 3 is 2.33 bits per heavy atom. The lowest BCUT2D eigenvalue weighted by atomic mass is 9.87. The number of ether oxygens (including phenoxy) is 5. The van der Waals surface area contributed by atoms with E-state index < -0.39 is 11.9 Å². The Morgan fingerprint density at radius 2 is 1.59 bits per heavy atom. The number of nitrogens with zero attached hydrogens (tertiary/aromatic N) is 1. The quantitative estimate of drug-likeness (QED) is 0.0351. The van der Waals surface area contributed by atoms with Crippen LogP contribution < -0.4 is 9.47 Å². The number of unbranched alkanes of at least 4 members (excludes halogenated alkanes) is 3. The van der Waals surface area contributed by atoms with Crippen LogP contribution in [0.25, 0.3) is 20.1 Å². The van der Waals surface area contributed by atoms with Gasteiger partial charge in [-0.05, 0) is 99.2 Å². The summed E-state index contributed by atoms with van der Waals surface area (Å²) < 4.78 is 28.1. The third-order valence-corrected chi connectivity index (χ3v) is 10.0. The predicted octanol–water partition coefficient (Wildman–Crippen LogP) is 7.95. The number of hydrogen-bond acceptors (Lipinski definition) is 12. The molecule has 0 radical (unpaired) electrons. The van der Waals surface area contributed by atoms with Crippen molar-refractivity contribution in [2.75, 3.05) is 19.8 Å². The summed E-state index contributed by atoms with van der Waals surface area (Å²) in [4.78, 5) is 54.4. The van der Waals surface area contributed by atoms with E-state index in [1.807, 2.05) is 29.6 Å². The zero-order valence-electron chi connectivity index (χ0n) is 27.1. The van der Waals surface area contributed by atoms with E-state index in [4.69, 9.17) is 28.7 Å². The number of hydrogen-bond donors (Lipinski definition) is 0. The Bertz CT molecular complexity index is 1710. The number of para-hydroxylation sites is 1. The van der Waals surface area contributed by atoms with E-state index in [1.165, 1.54) is 0 Å². The van der Waals surface area contributed by atoms with Gasteiger partial charge >= 0.3 is 23.9 Å². The Kier molecular flexibility index (Phi) is 13.3. The number of rotatable bonds is 17. The number of thiazole rings is 1. The first-order valence-corrected chi connectivity index (χ1v) is 18.1. The van der Waals surface area contributed by atoms with Crippen LogP contribution >= 0.6 is 22.7 Å². The summed E-state index contributed by atoms with van der Waals surface area (Å²) in [5, 5.41) is 2.89. The van der Waals surface area contributed by atoms with Gasteiger partial charge in [0.25, 0.3) is 0 Å². The molecule has 0 atom stereocenters. The molecule has 0 spiro atoms. The molecule has 0 aliphatic heterocycles. The van der Waals surface area contributed by atoms with Gasteiger partial charge < -0.3 is 23.7 Å². The highest BCUT2D eigenvalue weighted by Gasteiger charge is 2.30. The van der Waals surface area contributed by atoms with Crippen LogP contribution in [-0.4, -0.2) is 54.8 Å². The van der Waals surface area contributed by atoms with Crippen molar-refractivity contribution in [3.05, 3.63) is 78.2 Å². The van der Waals surface area contributed by atoms with Gasteiger partial charge in [0.2, 0.25) is 0 Å². The lowest BCUT2D eigenvalue weighted by Crippen LogP contribution is -2.30. The van der Waals surface area contributed by atoms with Crippen LogP contribution in [0.4, 0.5) is 0 Å². The van der Waals surface area contributed by atoms with Crippen LogP contribution in [0.3, 0.4) is 0 Å². The molecule has 1 saturated carbocycles. The topological polar surface area (TPSA) is 127 Å². The van der Waals surface area contributed by atoms with Crippen molar-refractivity contribution >= 4 is 56.8 Å². The SMILES string of the molecule is C=CC(=O)OCCC(=O)OCCCCCCOc1ccc(OC(=O)C2CCC(OC(=O)c3cccc4sc(-c5cccs5)nc34)CC2)cc1. The molecule has 0 N–H and O–H groups in total. The summed E-state index contributed by atoms with van der Waals surface area (Å²) in [5.74, 6) is -0.747. The summed E-state index contributed by atoms with van der Waals surface area (Å²) in [5.41, 5.74) is 1.12. The Morgan fingerprint density at radius 1 is 0.837 bits per heavy atom. The molecule has 2 aromatic carbocycles. The van der Waals surface area contributed by atoms with Crippen LogP contribution in [-0.2, 0) is 28.6 Å². The number of fused-ring (bicyclic) bond motifs is 1. The monoisotopic (exact) mass is 705 g/mol. The lowest BCUT2D eigenvalue weighted by molar-refractivity contribution is -0.147. The van der Waals surface area contributed by atoms with E-state index in [1.54, 1.807) is 53.0 Å². The minimum Gasteiger partial charge on any atom is -0.494 e. The van der Waals surface area contributed by atoms with Crippen molar-refractivity contribution in [3.8, 4) is 21.4 Å². The lowest BCUT2D eigenvalue weighted by Gasteiger charge is -2.27. The standard InChI is InChI=1S/C37H39NO9S2/c1-2-32(39)45-23-20-33(40)44-22-6-4-3-5-21-43-26-16-18-28(19-17-26)46-36(41)25-12-14-27(15-13-25)47-37(42)29-9-7-10-30-34(29)38-35(49-30)31-11-8-24-48-31/h2,7-11,16-19,24-25,27H,1,3-6,12-15,20-23H2. The molecule has 0 bridgehead atoms. The first-order chi connectivity index (χ1) is 23.9. The van der Waals surface area contributed by atoms with Gasteiger partial charge in [-0.15, -0.1) is 22.7 Å². The average molecular weight is 706 g/mol. The number of esters is 4. The molecule has 0 amide bonds. The third-order valence-electron chi connectivity index (χ3n) is 7.98. The van der Waals surface area contributed by atoms with Crippen LogP contribution in [0.2, 0.25) is 0 Å². The van der Waals surface area contributed by atoms with Crippen LogP contribution in [0.1, 0.15) is 68.1 Å². The van der Waals surface area contributed by atoms with Crippen molar-refractivity contribution in [1.29, 1.82) is 0 Å². The van der Waals surface area contributed by atoms with E-state index in [0.717, 1.165) is 46.3 Å². The maximum absolute atomic E-state index is 13.1. The Labute approximate surface area is 293 Å². The van der Waals surface area contributed by atoms with Gasteiger partial charge in [0.1, 0.15) is 29.2 Å². The van der Waals surface area contributed by atoms with Gasteiger partial charge in [-0.25, -0.2) is 14.6 Å². The fraction of sp³-hybridized carbons (Fsp3) is 0.378. The average Bonchev–Trinajstić information content (AvgIpc) is 3.81. The molecule has 1 fully saturated rings. The zero-order valence-corrected chi connectivity index (χ0v) is 28.8. The van der Waals surface area contributed by atoms with Crippen molar-refractivity contribution in [3.63, 3.8) is 0 Å². The highest BCUT2D eigenvalue weighted by molar-refractivity contribution is 7.25. The molecule has 4 aromatic rings. The number of carbonyl (C=O) groups excluding carboxylic acids is 4. The molecular weight excluding hydrogens is 667 g/mol. The van der Waals surface area contributed by atoms with Gasteiger partial charge in [0.05, 0.1) is 46.2 Å². The number of benzene rings is 2. The van der Waals surface area contributed by atoms with Crippen molar-refractivity contribution < 1.29 is 42.9 Å². The summed E-state index contributed by atoms with van der Waals surface area (Å²) in [6, 6.07) is 16.6. The van der Waals surface area contributed by atoms with Gasteiger partial charge in [-0.2, -0.15) is 0 Å². The fourth-order valence-electron chi connectivity index (χ4n) is 5.35. The summed E-state index contributed by atoms with van der Waals surface area (Å²) in [7, 11) is 0. The van der Waals surface area contributed by atoms with Crippen LogP contribution in [0, 0.1) is 5.92 Å². The third kappa shape index (κ3) is 10.7. The molecule has 0 unspecified atom stereocenters. The molecule has 258 valence electrons. The van der Waals surface area contributed by atoms with Gasteiger partial charge in [-0.1, -0.05) is 18.7 Å². The number of carbonyl (C=O) groups is 4. The van der Waals surface area contributed by atoms with Crippen molar-refractivity contribution in [2.24, 2.45) is 5.92 Å². The normalized spacial score (nSPS) is 15.7. The number of aromatic nitrogens is 1. The van der Waals surface area contributed by atoms with E-state index in [-0.39, 0.29) is 37.0 Å². The molecule has 1 aliphatic rings. The molecule has 2 aromatic heterocycles. The molecule has 2 heterocycles. The minimum atomic E-state index is -0.562. The molecule has 49 heavy (non-hydrogen) atoms. The summed E-state index contributed by atoms with van der Waals surface area (Å²) in [6.07, 6.45) is 6.55. The van der Waals surface area contributed by atoms with E-state index in [0.29, 0.717) is 61.5 Å². The smallest absolute Gasteiger partial charge is 0.340 e. The number of thiophene rings is 1. The molecule has 1 aliphatic carbocycles. The fourth-order valence-corrected chi connectivity index (χ4v) is 7.14. The maximum atomic E-state index is 13.1. The second-order valence-corrected chi connectivity index (χ2v) is 13.5. The predicted molar refractivity (Wildman–Crippen MR) is 187 cm³/mol. The molecule has 5 rings (SSSR count). The maximum Gasteiger partial charge on any atom is 0.340 e. The minimum absolute atomic E-state index is 0.0169. The van der Waals surface area contributed by atoms with Crippen LogP contribution in [0.15, 0.2) is 72.6 Å². The Hall–Kier alpha value is -4.55. The first-order valence-electron chi connectivity index (χ1n) is 16.4. The van der Waals surface area contributed by atoms with Gasteiger partial charge in [0, 0.05) is 6.08 Å². The largest absolute Gasteiger partial charge is 0.494 e.